The average molecular weight is 415 g/mol. The first-order valence-electron chi connectivity index (χ1n) is 10.1. The van der Waals surface area contributed by atoms with Crippen molar-refractivity contribution in [3.05, 3.63) is 60.2 Å². The molecule has 0 aromatic heterocycles. The summed E-state index contributed by atoms with van der Waals surface area (Å²) in [6, 6.07) is 17.0. The summed E-state index contributed by atoms with van der Waals surface area (Å²) in [5.74, 6) is 0.976. The van der Waals surface area contributed by atoms with Gasteiger partial charge in [-0.3, -0.25) is 14.5 Å². The molecule has 0 heterocycles. The van der Waals surface area contributed by atoms with Gasteiger partial charge in [0.2, 0.25) is 5.91 Å². The molecule has 162 valence electrons. The number of hydrogen-bond acceptors (Lipinski definition) is 6. The first-order chi connectivity index (χ1) is 14.6. The fourth-order valence-corrected chi connectivity index (χ4v) is 2.82. The van der Waals surface area contributed by atoms with Gasteiger partial charge in [0.25, 0.3) is 0 Å². The molecular weight excluding hydrogens is 384 g/mol. The molecule has 0 bridgehead atoms. The molecule has 0 fully saturated rings. The lowest BCUT2D eigenvalue weighted by Gasteiger charge is -2.21. The Balaban J connectivity index is 1.77. The molecule has 2 rings (SSSR count). The molecule has 0 aliphatic heterocycles. The van der Waals surface area contributed by atoms with Crippen LogP contribution in [0.3, 0.4) is 0 Å². The zero-order chi connectivity index (χ0) is 21.6. The van der Waals surface area contributed by atoms with Crippen molar-refractivity contribution in [2.24, 2.45) is 0 Å². The fraction of sp³-hybridized carbons (Fsp3) is 0.391. The minimum absolute atomic E-state index is 0.0544. The Morgan fingerprint density at radius 1 is 0.867 bits per heavy atom. The van der Waals surface area contributed by atoms with E-state index in [2.05, 4.69) is 5.32 Å². The Kier molecular flexibility index (Phi) is 10.2. The van der Waals surface area contributed by atoms with E-state index < -0.39 is 0 Å². The summed E-state index contributed by atoms with van der Waals surface area (Å²) < 4.78 is 16.0. The van der Waals surface area contributed by atoms with Gasteiger partial charge in [-0.15, -0.1) is 0 Å². The summed E-state index contributed by atoms with van der Waals surface area (Å²) in [4.78, 5) is 26.0. The van der Waals surface area contributed by atoms with Crippen LogP contribution >= 0.6 is 0 Å². The molecule has 0 aliphatic rings. The molecule has 0 radical (unpaired) electrons. The van der Waals surface area contributed by atoms with Crippen LogP contribution in [0.15, 0.2) is 54.6 Å². The lowest BCUT2D eigenvalue weighted by atomic mass is 10.2. The van der Waals surface area contributed by atoms with Gasteiger partial charge in [0, 0.05) is 6.54 Å². The second-order valence-electron chi connectivity index (χ2n) is 6.54. The molecule has 0 saturated heterocycles. The second kappa shape index (κ2) is 13.2. The third-order valence-electron chi connectivity index (χ3n) is 4.10. The number of ether oxygens (including phenoxy) is 3. The van der Waals surface area contributed by atoms with Gasteiger partial charge in [-0.2, -0.15) is 0 Å². The number of hydrogen-bond donors (Lipinski definition) is 1. The molecule has 0 spiro atoms. The largest absolute Gasteiger partial charge is 0.494 e. The van der Waals surface area contributed by atoms with E-state index in [0.717, 1.165) is 11.3 Å². The molecular formula is C23H30N2O5. The lowest BCUT2D eigenvalue weighted by molar-refractivity contribution is -0.144. The number of esters is 1. The molecule has 0 aliphatic carbocycles. The van der Waals surface area contributed by atoms with Crippen molar-refractivity contribution < 1.29 is 23.8 Å². The summed E-state index contributed by atoms with van der Waals surface area (Å²) >= 11 is 0. The van der Waals surface area contributed by atoms with E-state index in [1.54, 1.807) is 11.8 Å². The highest BCUT2D eigenvalue weighted by Crippen LogP contribution is 2.17. The van der Waals surface area contributed by atoms with E-state index >= 15 is 0 Å². The van der Waals surface area contributed by atoms with Gasteiger partial charge in [-0.1, -0.05) is 30.3 Å². The summed E-state index contributed by atoms with van der Waals surface area (Å²) in [6.45, 7) is 5.96. The summed E-state index contributed by atoms with van der Waals surface area (Å²) in [5.41, 5.74) is 1.02. The van der Waals surface area contributed by atoms with Crippen LogP contribution in [0.1, 0.15) is 19.4 Å². The van der Waals surface area contributed by atoms with Gasteiger partial charge in [-0.25, -0.2) is 0 Å². The van der Waals surface area contributed by atoms with Crippen molar-refractivity contribution >= 4 is 11.9 Å². The van der Waals surface area contributed by atoms with Crippen LogP contribution in [0.5, 0.6) is 11.5 Å². The van der Waals surface area contributed by atoms with Gasteiger partial charge in [0.15, 0.2) is 0 Å². The van der Waals surface area contributed by atoms with Crippen LogP contribution in [0.4, 0.5) is 0 Å². The van der Waals surface area contributed by atoms with Crippen LogP contribution in [-0.4, -0.2) is 56.2 Å². The quantitative estimate of drug-likeness (QED) is 0.401. The molecule has 1 amide bonds. The third-order valence-corrected chi connectivity index (χ3v) is 4.10. The fourth-order valence-electron chi connectivity index (χ4n) is 2.82. The molecule has 7 nitrogen and oxygen atoms in total. The summed E-state index contributed by atoms with van der Waals surface area (Å²) in [5, 5.41) is 2.82. The zero-order valence-electron chi connectivity index (χ0n) is 17.6. The Morgan fingerprint density at radius 2 is 1.53 bits per heavy atom. The van der Waals surface area contributed by atoms with E-state index in [1.807, 2.05) is 61.5 Å². The number of carbonyl (C=O) groups excluding carboxylic acids is 2. The number of nitrogens with one attached hydrogen (secondary N) is 1. The van der Waals surface area contributed by atoms with Crippen molar-refractivity contribution in [1.82, 2.24) is 10.2 Å². The first-order valence-corrected chi connectivity index (χ1v) is 10.1. The van der Waals surface area contributed by atoms with E-state index in [4.69, 9.17) is 14.2 Å². The number of nitrogens with zero attached hydrogens (tertiary/aromatic N) is 1. The van der Waals surface area contributed by atoms with Gasteiger partial charge >= 0.3 is 5.97 Å². The molecule has 7 heteroatoms. The molecule has 0 atom stereocenters. The van der Waals surface area contributed by atoms with Crippen molar-refractivity contribution in [2.75, 3.05) is 39.5 Å². The smallest absolute Gasteiger partial charge is 0.320 e. The van der Waals surface area contributed by atoms with Crippen LogP contribution in [-0.2, 0) is 20.9 Å². The van der Waals surface area contributed by atoms with Crippen molar-refractivity contribution in [3.63, 3.8) is 0 Å². The maximum Gasteiger partial charge on any atom is 0.320 e. The van der Waals surface area contributed by atoms with Gasteiger partial charge in [0.1, 0.15) is 18.1 Å². The van der Waals surface area contributed by atoms with Crippen LogP contribution in [0, 0.1) is 0 Å². The normalized spacial score (nSPS) is 10.5. The summed E-state index contributed by atoms with van der Waals surface area (Å²) in [6.07, 6.45) is 0. The topological polar surface area (TPSA) is 77.1 Å². The van der Waals surface area contributed by atoms with Crippen LogP contribution < -0.4 is 14.8 Å². The highest BCUT2D eigenvalue weighted by Gasteiger charge is 2.15. The minimum atomic E-state index is -0.347. The SMILES string of the molecule is CCOC(=O)CN(CC(=O)NCCOc1ccc(OCC)cc1)Cc1ccccc1. The Labute approximate surface area is 177 Å². The minimum Gasteiger partial charge on any atom is -0.494 e. The number of rotatable bonds is 13. The van der Waals surface area contributed by atoms with E-state index in [9.17, 15) is 9.59 Å². The maximum absolute atomic E-state index is 12.3. The van der Waals surface area contributed by atoms with Crippen molar-refractivity contribution in [3.8, 4) is 11.5 Å². The van der Waals surface area contributed by atoms with Crippen LogP contribution in [0.25, 0.3) is 0 Å². The average Bonchev–Trinajstić information content (AvgIpc) is 2.73. The third kappa shape index (κ3) is 8.96. The van der Waals surface area contributed by atoms with Gasteiger partial charge in [-0.05, 0) is 43.7 Å². The summed E-state index contributed by atoms with van der Waals surface area (Å²) in [7, 11) is 0. The van der Waals surface area contributed by atoms with Crippen molar-refractivity contribution in [2.45, 2.75) is 20.4 Å². The molecule has 2 aromatic carbocycles. The Morgan fingerprint density at radius 3 is 2.17 bits per heavy atom. The first kappa shape index (κ1) is 23.2. The number of carbonyl (C=O) groups is 2. The monoisotopic (exact) mass is 414 g/mol. The Hall–Kier alpha value is -3.06. The Bertz CT molecular complexity index is 765. The predicted octanol–water partition coefficient (Wildman–Crippen LogP) is 2.65. The van der Waals surface area contributed by atoms with Crippen LogP contribution in [0.2, 0.25) is 0 Å². The van der Waals surface area contributed by atoms with Gasteiger partial charge < -0.3 is 19.5 Å². The van der Waals surface area contributed by atoms with E-state index in [0.29, 0.717) is 38.7 Å². The highest BCUT2D eigenvalue weighted by molar-refractivity contribution is 5.79. The van der Waals surface area contributed by atoms with E-state index in [-0.39, 0.29) is 25.0 Å². The molecule has 2 aromatic rings. The zero-order valence-corrected chi connectivity index (χ0v) is 17.6. The second-order valence-corrected chi connectivity index (χ2v) is 6.54. The highest BCUT2D eigenvalue weighted by atomic mass is 16.5. The van der Waals surface area contributed by atoms with E-state index in [1.165, 1.54) is 0 Å². The number of amides is 1. The molecule has 0 unspecified atom stereocenters. The number of benzene rings is 2. The standard InChI is InChI=1S/C23H30N2O5/c1-3-28-20-10-12-21(13-11-20)30-15-14-24-22(26)17-25(18-23(27)29-4-2)16-19-8-6-5-7-9-19/h5-13H,3-4,14-18H2,1-2H3,(H,24,26). The van der Waals surface area contributed by atoms with Crippen molar-refractivity contribution in [1.29, 1.82) is 0 Å². The lowest BCUT2D eigenvalue weighted by Crippen LogP contribution is -2.41. The molecule has 30 heavy (non-hydrogen) atoms. The van der Waals surface area contributed by atoms with Gasteiger partial charge in [0.05, 0.1) is 32.8 Å². The molecule has 0 saturated carbocycles. The molecule has 1 N–H and O–H groups in total. The maximum atomic E-state index is 12.3. The predicted molar refractivity (Wildman–Crippen MR) is 114 cm³/mol.